The number of nitrogens with two attached hydrogens (primary N) is 1. The van der Waals surface area contributed by atoms with Crippen LogP contribution in [0.25, 0.3) is 10.9 Å². The van der Waals surface area contributed by atoms with E-state index in [4.69, 9.17) is 11.1 Å². The lowest BCUT2D eigenvalue weighted by Gasteiger charge is -2.21. The fourth-order valence-corrected chi connectivity index (χ4v) is 4.07. The number of hydrogen-bond donors (Lipinski definition) is 3. The molecular weight excluding hydrogens is 458 g/mol. The minimum atomic E-state index is -1.16. The van der Waals surface area contributed by atoms with Crippen LogP contribution in [0.1, 0.15) is 38.3 Å². The highest BCUT2D eigenvalue weighted by molar-refractivity contribution is 6.12. The predicted molar refractivity (Wildman–Crippen MR) is 137 cm³/mol. The number of aromatic nitrogens is 2. The SMILES string of the molecule is Cn1cc(C(=O)CCc2ccc(C(=N)N)cc2)c2cc(N(CC(=O)O)C(=O)c3cccnc3)ccc21. The van der Waals surface area contributed by atoms with Gasteiger partial charge in [0.15, 0.2) is 5.78 Å². The van der Waals surface area contributed by atoms with Gasteiger partial charge in [-0.1, -0.05) is 24.3 Å². The largest absolute Gasteiger partial charge is 0.480 e. The van der Waals surface area contributed by atoms with E-state index in [0.29, 0.717) is 28.6 Å². The van der Waals surface area contributed by atoms with Crippen molar-refractivity contribution in [2.24, 2.45) is 12.8 Å². The Bertz CT molecular complexity index is 1460. The molecular formula is C27H25N5O4. The summed E-state index contributed by atoms with van der Waals surface area (Å²) in [4.78, 5) is 42.9. The second-order valence-corrected chi connectivity index (χ2v) is 8.42. The average molecular weight is 484 g/mol. The molecule has 2 heterocycles. The lowest BCUT2D eigenvalue weighted by atomic mass is 10.0. The van der Waals surface area contributed by atoms with Crippen molar-refractivity contribution < 1.29 is 19.5 Å². The molecule has 9 heteroatoms. The van der Waals surface area contributed by atoms with E-state index >= 15 is 0 Å². The second-order valence-electron chi connectivity index (χ2n) is 8.42. The quantitative estimate of drug-likeness (QED) is 0.189. The fourth-order valence-electron chi connectivity index (χ4n) is 4.07. The van der Waals surface area contributed by atoms with Crippen LogP contribution < -0.4 is 10.6 Å². The predicted octanol–water partition coefficient (Wildman–Crippen LogP) is 3.40. The molecule has 0 aliphatic rings. The van der Waals surface area contributed by atoms with Crippen LogP contribution in [-0.2, 0) is 18.3 Å². The summed E-state index contributed by atoms with van der Waals surface area (Å²) >= 11 is 0. The van der Waals surface area contributed by atoms with Gasteiger partial charge in [-0.15, -0.1) is 0 Å². The maximum atomic E-state index is 13.2. The van der Waals surface area contributed by atoms with Crippen LogP contribution in [0.2, 0.25) is 0 Å². The van der Waals surface area contributed by atoms with Crippen molar-refractivity contribution in [3.63, 3.8) is 0 Å². The molecule has 0 aliphatic heterocycles. The summed E-state index contributed by atoms with van der Waals surface area (Å²) in [5.74, 6) is -1.74. The minimum Gasteiger partial charge on any atom is -0.480 e. The van der Waals surface area contributed by atoms with E-state index in [0.717, 1.165) is 16.0 Å². The lowest BCUT2D eigenvalue weighted by Crippen LogP contribution is -2.35. The summed E-state index contributed by atoms with van der Waals surface area (Å²) in [7, 11) is 1.83. The third kappa shape index (κ3) is 5.15. The number of carbonyl (C=O) groups excluding carboxylic acids is 2. The number of aliphatic carboxylic acids is 1. The average Bonchev–Trinajstić information content (AvgIpc) is 3.21. The van der Waals surface area contributed by atoms with E-state index in [-0.39, 0.29) is 23.6 Å². The van der Waals surface area contributed by atoms with Gasteiger partial charge in [-0.2, -0.15) is 0 Å². The zero-order valence-electron chi connectivity index (χ0n) is 19.6. The molecule has 0 saturated carbocycles. The van der Waals surface area contributed by atoms with Crippen molar-refractivity contribution in [3.05, 3.63) is 95.4 Å². The maximum Gasteiger partial charge on any atom is 0.323 e. The highest BCUT2D eigenvalue weighted by atomic mass is 16.4. The van der Waals surface area contributed by atoms with Crippen molar-refractivity contribution in [2.45, 2.75) is 12.8 Å². The molecule has 0 aliphatic carbocycles. The first-order valence-electron chi connectivity index (χ1n) is 11.2. The Kier molecular flexibility index (Phi) is 6.91. The summed E-state index contributed by atoms with van der Waals surface area (Å²) in [6.07, 6.45) is 5.44. The first kappa shape index (κ1) is 24.3. The molecule has 9 nitrogen and oxygen atoms in total. The number of carboxylic acids is 1. The van der Waals surface area contributed by atoms with Crippen LogP contribution in [0.3, 0.4) is 0 Å². The Morgan fingerprint density at radius 3 is 2.47 bits per heavy atom. The number of nitrogens with zero attached hydrogens (tertiary/aromatic N) is 3. The Morgan fingerprint density at radius 2 is 1.83 bits per heavy atom. The normalized spacial score (nSPS) is 10.8. The Hall–Kier alpha value is -4.79. The Labute approximate surface area is 207 Å². The molecule has 0 unspecified atom stereocenters. The number of carboxylic acid groups (broad SMARTS) is 1. The van der Waals surface area contributed by atoms with Crippen LogP contribution in [0, 0.1) is 5.41 Å². The number of amides is 1. The molecule has 2 aromatic carbocycles. The maximum absolute atomic E-state index is 13.2. The molecule has 0 spiro atoms. The number of amidine groups is 1. The molecule has 4 rings (SSSR count). The third-order valence-corrected chi connectivity index (χ3v) is 5.94. The van der Waals surface area contributed by atoms with Crippen molar-refractivity contribution in [3.8, 4) is 0 Å². The van der Waals surface area contributed by atoms with Crippen LogP contribution in [-0.4, -0.2) is 44.7 Å². The van der Waals surface area contributed by atoms with Crippen molar-refractivity contribution >= 4 is 40.1 Å². The number of pyridine rings is 1. The third-order valence-electron chi connectivity index (χ3n) is 5.94. The minimum absolute atomic E-state index is 0.0110. The van der Waals surface area contributed by atoms with E-state index in [1.807, 2.05) is 23.7 Å². The number of nitrogens with one attached hydrogen (secondary N) is 1. The van der Waals surface area contributed by atoms with E-state index < -0.39 is 18.4 Å². The molecule has 0 atom stereocenters. The monoisotopic (exact) mass is 483 g/mol. The molecule has 182 valence electrons. The van der Waals surface area contributed by atoms with Gasteiger partial charge in [-0.3, -0.25) is 29.7 Å². The van der Waals surface area contributed by atoms with Crippen LogP contribution in [0.5, 0.6) is 0 Å². The summed E-state index contributed by atoms with van der Waals surface area (Å²) < 4.78 is 1.83. The molecule has 1 amide bonds. The smallest absolute Gasteiger partial charge is 0.323 e. The van der Waals surface area contributed by atoms with Crippen molar-refractivity contribution in [1.29, 1.82) is 5.41 Å². The molecule has 4 aromatic rings. The first-order chi connectivity index (χ1) is 17.2. The number of rotatable bonds is 9. The summed E-state index contributed by atoms with van der Waals surface area (Å²) in [5, 5.41) is 17.6. The van der Waals surface area contributed by atoms with Gasteiger partial charge < -0.3 is 15.4 Å². The van der Waals surface area contributed by atoms with Gasteiger partial charge in [0, 0.05) is 59.8 Å². The van der Waals surface area contributed by atoms with Gasteiger partial charge in [0.2, 0.25) is 0 Å². The van der Waals surface area contributed by atoms with E-state index in [1.54, 1.807) is 48.7 Å². The standard InChI is InChI=1S/C27H25N5O4/c1-31-15-22(24(33)11-6-17-4-7-18(8-5-17)26(28)29)21-13-20(9-10-23(21)31)32(16-25(34)35)27(36)19-3-2-12-30-14-19/h2-5,7-10,12-15H,6,11,16H2,1H3,(H3,28,29)(H,34,35). The van der Waals surface area contributed by atoms with Gasteiger partial charge in [-0.25, -0.2) is 0 Å². The number of Topliss-reactive ketones (excluding diaryl/α,β-unsaturated/α-hetero) is 1. The summed E-state index contributed by atoms with van der Waals surface area (Å²) in [6.45, 7) is -0.536. The lowest BCUT2D eigenvalue weighted by molar-refractivity contribution is -0.135. The number of aryl methyl sites for hydroxylation is 2. The number of benzene rings is 2. The highest BCUT2D eigenvalue weighted by Crippen LogP contribution is 2.28. The zero-order valence-corrected chi connectivity index (χ0v) is 19.6. The number of hydrogen-bond acceptors (Lipinski definition) is 5. The molecule has 0 bridgehead atoms. The van der Waals surface area contributed by atoms with E-state index in [1.165, 1.54) is 12.4 Å². The van der Waals surface area contributed by atoms with Crippen LogP contribution in [0.15, 0.2) is 73.2 Å². The van der Waals surface area contributed by atoms with E-state index in [9.17, 15) is 19.5 Å². The van der Waals surface area contributed by atoms with Gasteiger partial charge in [-0.05, 0) is 42.3 Å². The number of ketones is 1. The number of nitrogen functional groups attached to an aromatic ring is 1. The summed E-state index contributed by atoms with van der Waals surface area (Å²) in [5.41, 5.74) is 8.99. The van der Waals surface area contributed by atoms with Gasteiger partial charge >= 0.3 is 5.97 Å². The second kappa shape index (κ2) is 10.2. The fraction of sp³-hybridized carbons (Fsp3) is 0.148. The molecule has 0 fully saturated rings. The molecule has 0 radical (unpaired) electrons. The van der Waals surface area contributed by atoms with Gasteiger partial charge in [0.05, 0.1) is 5.56 Å². The molecule has 2 aromatic heterocycles. The van der Waals surface area contributed by atoms with Gasteiger partial charge in [0.25, 0.3) is 5.91 Å². The highest BCUT2D eigenvalue weighted by Gasteiger charge is 2.23. The van der Waals surface area contributed by atoms with Gasteiger partial charge in [0.1, 0.15) is 12.4 Å². The number of anilines is 1. The van der Waals surface area contributed by atoms with Crippen LogP contribution in [0.4, 0.5) is 5.69 Å². The van der Waals surface area contributed by atoms with Crippen molar-refractivity contribution in [1.82, 2.24) is 9.55 Å². The Morgan fingerprint density at radius 1 is 1.08 bits per heavy atom. The zero-order chi connectivity index (χ0) is 25.8. The number of carbonyl (C=O) groups is 3. The van der Waals surface area contributed by atoms with Crippen LogP contribution >= 0.6 is 0 Å². The molecule has 36 heavy (non-hydrogen) atoms. The van der Waals surface area contributed by atoms with E-state index in [2.05, 4.69) is 4.98 Å². The molecule has 0 saturated heterocycles. The number of fused-ring (bicyclic) bond motifs is 1. The molecule has 4 N–H and O–H groups in total. The topological polar surface area (TPSA) is 142 Å². The first-order valence-corrected chi connectivity index (χ1v) is 11.2. The Balaban J connectivity index is 1.63. The summed E-state index contributed by atoms with van der Waals surface area (Å²) in [6, 6.07) is 15.5. The van der Waals surface area contributed by atoms with Crippen molar-refractivity contribution in [2.75, 3.05) is 11.4 Å².